The molecule has 0 spiro atoms. The van der Waals surface area contributed by atoms with E-state index in [-0.39, 0.29) is 17.0 Å². The number of thiophene rings is 1. The first-order valence-electron chi connectivity index (χ1n) is 11.0. The van der Waals surface area contributed by atoms with Gasteiger partial charge in [-0.1, -0.05) is 66.4 Å². The van der Waals surface area contributed by atoms with Crippen LogP contribution in [-0.4, -0.2) is 27.4 Å². The second-order valence-electron chi connectivity index (χ2n) is 7.69. The van der Waals surface area contributed by atoms with E-state index in [1.54, 1.807) is 30.3 Å². The SMILES string of the molecule is O=c1c2c(-c3ccccc3)c(Sc3ccccc3[N+](=O)[O-])sc2ncn1/N=C\c1ccccc1OC(F)F. The smallest absolute Gasteiger partial charge is 0.387 e. The Kier molecular flexibility index (Phi) is 7.24. The van der Waals surface area contributed by atoms with Gasteiger partial charge in [0, 0.05) is 17.2 Å². The van der Waals surface area contributed by atoms with Crippen LogP contribution in [0.2, 0.25) is 0 Å². The summed E-state index contributed by atoms with van der Waals surface area (Å²) in [6, 6.07) is 21.6. The van der Waals surface area contributed by atoms with Crippen LogP contribution in [0.4, 0.5) is 14.5 Å². The van der Waals surface area contributed by atoms with Gasteiger partial charge in [-0.3, -0.25) is 14.9 Å². The Morgan fingerprint density at radius 2 is 1.76 bits per heavy atom. The standard InChI is InChI=1S/C26H16F2N4O4S2/c27-26(28)36-19-12-6-4-10-17(19)14-30-31-15-29-23-22(24(31)33)21(16-8-2-1-3-9-16)25(38-23)37-20-13-7-5-11-18(20)32(34)35/h1-15,26H/b30-14-. The Bertz CT molecular complexity index is 1720. The number of fused-ring (bicyclic) bond motifs is 1. The van der Waals surface area contributed by atoms with E-state index in [0.717, 1.165) is 10.2 Å². The zero-order valence-corrected chi connectivity index (χ0v) is 20.9. The number of ether oxygens (including phenoxy) is 1. The molecule has 0 radical (unpaired) electrons. The topological polar surface area (TPSA) is 99.6 Å². The second-order valence-corrected chi connectivity index (χ2v) is 10.0. The first kappa shape index (κ1) is 25.2. The predicted octanol–water partition coefficient (Wildman–Crippen LogP) is 6.67. The van der Waals surface area contributed by atoms with Crippen LogP contribution in [0.1, 0.15) is 5.56 Å². The molecule has 12 heteroatoms. The number of rotatable bonds is 8. The van der Waals surface area contributed by atoms with Crippen molar-refractivity contribution in [2.45, 2.75) is 15.7 Å². The summed E-state index contributed by atoms with van der Waals surface area (Å²) in [7, 11) is 0. The van der Waals surface area contributed by atoms with Crippen LogP contribution in [-0.2, 0) is 0 Å². The molecule has 8 nitrogen and oxygen atoms in total. The monoisotopic (exact) mass is 550 g/mol. The number of alkyl halides is 2. The summed E-state index contributed by atoms with van der Waals surface area (Å²) < 4.78 is 31.7. The third-order valence-corrected chi connectivity index (χ3v) is 7.69. The van der Waals surface area contributed by atoms with Crippen molar-refractivity contribution in [2.24, 2.45) is 5.10 Å². The second kappa shape index (κ2) is 10.9. The highest BCUT2D eigenvalue weighted by atomic mass is 32.2. The zero-order chi connectivity index (χ0) is 26.6. The lowest BCUT2D eigenvalue weighted by Gasteiger charge is -2.07. The summed E-state index contributed by atoms with van der Waals surface area (Å²) in [5.74, 6) is -0.0861. The Labute approximate surface area is 222 Å². The lowest BCUT2D eigenvalue weighted by Crippen LogP contribution is -2.17. The Balaban J connectivity index is 1.64. The molecule has 38 heavy (non-hydrogen) atoms. The van der Waals surface area contributed by atoms with E-state index in [1.165, 1.54) is 53.8 Å². The van der Waals surface area contributed by atoms with Gasteiger partial charge in [0.05, 0.1) is 25.6 Å². The van der Waals surface area contributed by atoms with Crippen molar-refractivity contribution >= 4 is 45.2 Å². The fourth-order valence-corrected chi connectivity index (χ4v) is 6.17. The van der Waals surface area contributed by atoms with Crippen LogP contribution in [0.15, 0.2) is 104 Å². The van der Waals surface area contributed by atoms with Crippen molar-refractivity contribution in [3.63, 3.8) is 0 Å². The molecule has 190 valence electrons. The van der Waals surface area contributed by atoms with E-state index in [0.29, 0.717) is 24.9 Å². The van der Waals surface area contributed by atoms with Gasteiger partial charge in [-0.25, -0.2) is 4.98 Å². The van der Waals surface area contributed by atoms with E-state index >= 15 is 0 Å². The van der Waals surface area contributed by atoms with Gasteiger partial charge in [-0.15, -0.1) is 11.3 Å². The van der Waals surface area contributed by atoms with Gasteiger partial charge < -0.3 is 4.74 Å². The fraction of sp³-hybridized carbons (Fsp3) is 0.0385. The molecular weight excluding hydrogens is 534 g/mol. The van der Waals surface area contributed by atoms with Crippen LogP contribution in [0.25, 0.3) is 21.3 Å². The summed E-state index contributed by atoms with van der Waals surface area (Å²) in [4.78, 5) is 30.0. The summed E-state index contributed by atoms with van der Waals surface area (Å²) in [5, 5.41) is 16.0. The average molecular weight is 551 g/mol. The molecule has 0 fully saturated rings. The molecular formula is C26H16F2N4O4S2. The van der Waals surface area contributed by atoms with Crippen molar-refractivity contribution in [3.8, 4) is 16.9 Å². The molecule has 0 aliphatic carbocycles. The highest BCUT2D eigenvalue weighted by molar-refractivity contribution is 8.01. The Morgan fingerprint density at radius 1 is 1.05 bits per heavy atom. The maximum absolute atomic E-state index is 13.6. The minimum atomic E-state index is -3.01. The van der Waals surface area contributed by atoms with Crippen molar-refractivity contribution in [3.05, 3.63) is 111 Å². The number of hydrogen-bond donors (Lipinski definition) is 0. The van der Waals surface area contributed by atoms with E-state index in [9.17, 15) is 23.7 Å². The molecule has 2 heterocycles. The van der Waals surface area contributed by atoms with Gasteiger partial charge in [-0.2, -0.15) is 18.6 Å². The van der Waals surface area contributed by atoms with Crippen LogP contribution < -0.4 is 10.3 Å². The van der Waals surface area contributed by atoms with Crippen LogP contribution >= 0.6 is 23.1 Å². The van der Waals surface area contributed by atoms with Crippen molar-refractivity contribution in [1.29, 1.82) is 0 Å². The molecule has 0 saturated heterocycles. The quantitative estimate of drug-likeness (QED) is 0.122. The molecule has 2 aromatic heterocycles. The summed E-state index contributed by atoms with van der Waals surface area (Å²) in [6.45, 7) is -3.01. The maximum atomic E-state index is 13.6. The molecule has 5 rings (SSSR count). The number of benzene rings is 3. The normalized spacial score (nSPS) is 11.4. The first-order valence-corrected chi connectivity index (χ1v) is 12.6. The summed E-state index contributed by atoms with van der Waals surface area (Å²) in [6.07, 6.45) is 2.48. The van der Waals surface area contributed by atoms with Gasteiger partial charge in [0.25, 0.3) is 11.2 Å². The molecule has 0 N–H and O–H groups in total. The van der Waals surface area contributed by atoms with Crippen molar-refractivity contribution in [1.82, 2.24) is 9.66 Å². The number of nitro benzene ring substituents is 1. The van der Waals surface area contributed by atoms with E-state index < -0.39 is 17.1 Å². The molecule has 0 bridgehead atoms. The molecule has 0 aliphatic heterocycles. The van der Waals surface area contributed by atoms with Crippen LogP contribution in [0, 0.1) is 10.1 Å². The largest absolute Gasteiger partial charge is 0.434 e. The van der Waals surface area contributed by atoms with Crippen LogP contribution in [0.5, 0.6) is 5.75 Å². The van der Waals surface area contributed by atoms with Gasteiger partial charge in [0.15, 0.2) is 0 Å². The van der Waals surface area contributed by atoms with Crippen molar-refractivity contribution in [2.75, 3.05) is 0 Å². The highest BCUT2D eigenvalue weighted by Gasteiger charge is 2.23. The molecule has 0 atom stereocenters. The third-order valence-electron chi connectivity index (χ3n) is 5.35. The van der Waals surface area contributed by atoms with Gasteiger partial charge >= 0.3 is 6.61 Å². The number of halogens is 2. The molecule has 0 saturated carbocycles. The maximum Gasteiger partial charge on any atom is 0.387 e. The molecule has 3 aromatic carbocycles. The zero-order valence-electron chi connectivity index (χ0n) is 19.2. The van der Waals surface area contributed by atoms with E-state index in [1.807, 2.05) is 30.3 Å². The highest BCUT2D eigenvalue weighted by Crippen LogP contribution is 2.46. The van der Waals surface area contributed by atoms with Gasteiger partial charge in [0.1, 0.15) is 16.9 Å². The number of nitrogens with zero attached hydrogens (tertiary/aromatic N) is 4. The van der Waals surface area contributed by atoms with Gasteiger partial charge in [0.2, 0.25) is 0 Å². The third kappa shape index (κ3) is 5.17. The molecule has 0 unspecified atom stereocenters. The molecule has 5 aromatic rings. The van der Waals surface area contributed by atoms with E-state index in [2.05, 4.69) is 14.8 Å². The molecule has 0 aliphatic rings. The fourth-order valence-electron chi connectivity index (χ4n) is 3.69. The predicted molar refractivity (Wildman–Crippen MR) is 143 cm³/mol. The summed E-state index contributed by atoms with van der Waals surface area (Å²) in [5.41, 5.74) is 1.03. The Hall–Kier alpha value is -4.42. The molecule has 0 amide bonds. The summed E-state index contributed by atoms with van der Waals surface area (Å²) >= 11 is 2.43. The number of nitro groups is 1. The van der Waals surface area contributed by atoms with E-state index in [4.69, 9.17) is 0 Å². The lowest BCUT2D eigenvalue weighted by molar-refractivity contribution is -0.387. The average Bonchev–Trinajstić information content (AvgIpc) is 3.28. The van der Waals surface area contributed by atoms with Crippen molar-refractivity contribution < 1.29 is 18.4 Å². The number of hydrogen-bond acceptors (Lipinski definition) is 8. The lowest BCUT2D eigenvalue weighted by atomic mass is 10.1. The first-order chi connectivity index (χ1) is 18.4. The minimum Gasteiger partial charge on any atom is -0.434 e. The number of aromatic nitrogens is 2. The van der Waals surface area contributed by atoms with Gasteiger partial charge in [-0.05, 0) is 23.8 Å². The van der Waals surface area contributed by atoms with Crippen LogP contribution in [0.3, 0.4) is 0 Å². The minimum absolute atomic E-state index is 0.0476. The number of para-hydroxylation sites is 2. The Morgan fingerprint density at radius 3 is 2.53 bits per heavy atom.